The molecule has 0 atom stereocenters. The molecule has 1 amide bonds. The molecular weight excluding hydrogens is 254 g/mol. The fourth-order valence-corrected chi connectivity index (χ4v) is 3.43. The summed E-state index contributed by atoms with van der Waals surface area (Å²) >= 11 is 0. The van der Waals surface area contributed by atoms with Crippen LogP contribution in [0.15, 0.2) is 0 Å². The number of carbonyl (C=O) groups excluding carboxylic acids is 1. The number of hydrogen-bond acceptors (Lipinski definition) is 4. The molecule has 0 saturated carbocycles. The predicted molar refractivity (Wildman–Crippen MR) is 79.7 cm³/mol. The van der Waals surface area contributed by atoms with Crippen molar-refractivity contribution in [3.8, 4) is 0 Å². The smallest absolute Gasteiger partial charge is 0.231 e. The second kappa shape index (κ2) is 7.38. The van der Waals surface area contributed by atoms with Crippen molar-refractivity contribution < 1.29 is 9.53 Å². The van der Waals surface area contributed by atoms with Gasteiger partial charge in [-0.25, -0.2) is 0 Å². The van der Waals surface area contributed by atoms with Gasteiger partial charge in [-0.05, 0) is 38.9 Å². The third kappa shape index (κ3) is 3.51. The Hall–Kier alpha value is -0.650. The van der Waals surface area contributed by atoms with Crippen LogP contribution in [0.5, 0.6) is 0 Å². The van der Waals surface area contributed by atoms with E-state index < -0.39 is 0 Å². The van der Waals surface area contributed by atoms with Gasteiger partial charge in [-0.1, -0.05) is 6.92 Å². The Morgan fingerprint density at radius 1 is 1.20 bits per heavy atom. The quantitative estimate of drug-likeness (QED) is 0.801. The third-order valence-corrected chi connectivity index (χ3v) is 4.63. The van der Waals surface area contributed by atoms with Crippen molar-refractivity contribution in [3.05, 3.63) is 0 Å². The van der Waals surface area contributed by atoms with Crippen molar-refractivity contribution in [1.29, 1.82) is 0 Å². The van der Waals surface area contributed by atoms with Crippen LogP contribution in [0.4, 0.5) is 0 Å². The van der Waals surface area contributed by atoms with E-state index in [0.29, 0.717) is 12.5 Å². The number of piperidine rings is 1. The van der Waals surface area contributed by atoms with Gasteiger partial charge in [-0.3, -0.25) is 9.69 Å². The number of carbonyl (C=O) groups is 1. The number of nitrogens with one attached hydrogen (secondary N) is 1. The van der Waals surface area contributed by atoms with Gasteiger partial charge in [0.25, 0.3) is 0 Å². The number of amides is 1. The van der Waals surface area contributed by atoms with Gasteiger partial charge in [0.05, 0.1) is 12.0 Å². The summed E-state index contributed by atoms with van der Waals surface area (Å²) in [5, 5.41) is 3.34. The van der Waals surface area contributed by atoms with Crippen LogP contribution < -0.4 is 5.32 Å². The third-order valence-electron chi connectivity index (χ3n) is 4.63. The highest BCUT2D eigenvalue weighted by atomic mass is 16.5. The minimum Gasteiger partial charge on any atom is -0.384 e. The molecule has 0 aliphatic carbocycles. The van der Waals surface area contributed by atoms with E-state index >= 15 is 0 Å². The minimum atomic E-state index is -0.285. The largest absolute Gasteiger partial charge is 0.384 e. The fourth-order valence-electron chi connectivity index (χ4n) is 3.43. The normalized spacial score (nSPS) is 23.8. The van der Waals surface area contributed by atoms with Crippen LogP contribution in [-0.4, -0.2) is 75.2 Å². The number of hydrogen-bond donors (Lipinski definition) is 1. The fraction of sp³-hybridized carbons (Fsp3) is 0.933. The lowest BCUT2D eigenvalue weighted by atomic mass is 9.78. The summed E-state index contributed by atoms with van der Waals surface area (Å²) in [6, 6.07) is 0. The molecule has 2 saturated heterocycles. The van der Waals surface area contributed by atoms with Gasteiger partial charge in [-0.2, -0.15) is 0 Å². The molecule has 0 aromatic carbocycles. The summed E-state index contributed by atoms with van der Waals surface area (Å²) < 4.78 is 5.37. The summed E-state index contributed by atoms with van der Waals surface area (Å²) in [5.74, 6) is 0.317. The summed E-state index contributed by atoms with van der Waals surface area (Å²) in [6.45, 7) is 9.53. The Morgan fingerprint density at radius 2 is 1.85 bits per heavy atom. The Balaban J connectivity index is 1.95. The summed E-state index contributed by atoms with van der Waals surface area (Å²) in [5.41, 5.74) is -0.285. The van der Waals surface area contributed by atoms with E-state index in [2.05, 4.69) is 22.0 Å². The second-order valence-corrected chi connectivity index (χ2v) is 6.10. The average molecular weight is 283 g/mol. The first kappa shape index (κ1) is 15.7. The molecular formula is C15H29N3O2. The molecule has 0 bridgehead atoms. The van der Waals surface area contributed by atoms with E-state index in [1.807, 2.05) is 0 Å². The van der Waals surface area contributed by atoms with Crippen molar-refractivity contribution in [2.45, 2.75) is 26.2 Å². The van der Waals surface area contributed by atoms with Gasteiger partial charge < -0.3 is 15.0 Å². The second-order valence-electron chi connectivity index (χ2n) is 6.10. The van der Waals surface area contributed by atoms with Gasteiger partial charge in [0.2, 0.25) is 5.91 Å². The van der Waals surface area contributed by atoms with Crippen molar-refractivity contribution in [2.24, 2.45) is 5.41 Å². The van der Waals surface area contributed by atoms with Crippen LogP contribution in [0.2, 0.25) is 0 Å². The van der Waals surface area contributed by atoms with E-state index in [4.69, 9.17) is 4.74 Å². The molecule has 1 N–H and O–H groups in total. The van der Waals surface area contributed by atoms with Crippen molar-refractivity contribution in [2.75, 3.05) is 59.5 Å². The molecule has 2 heterocycles. The van der Waals surface area contributed by atoms with Crippen molar-refractivity contribution in [3.63, 3.8) is 0 Å². The Bertz CT molecular complexity index is 303. The summed E-state index contributed by atoms with van der Waals surface area (Å²) in [7, 11) is 1.70. The van der Waals surface area contributed by atoms with Crippen LogP contribution in [-0.2, 0) is 9.53 Å². The SMILES string of the molecule is CCCN1CCN(C(=O)C2(COC)CCNCC2)CC1. The van der Waals surface area contributed by atoms with Crippen LogP contribution in [0.1, 0.15) is 26.2 Å². The zero-order valence-electron chi connectivity index (χ0n) is 13.0. The van der Waals surface area contributed by atoms with Gasteiger partial charge in [0.1, 0.15) is 0 Å². The number of methoxy groups -OCH3 is 1. The first-order valence-electron chi connectivity index (χ1n) is 7.93. The van der Waals surface area contributed by atoms with Crippen LogP contribution in [0.3, 0.4) is 0 Å². The zero-order chi connectivity index (χ0) is 14.4. The monoisotopic (exact) mass is 283 g/mol. The number of nitrogens with zero attached hydrogens (tertiary/aromatic N) is 2. The topological polar surface area (TPSA) is 44.8 Å². The van der Waals surface area contributed by atoms with E-state index in [1.165, 1.54) is 6.42 Å². The highest BCUT2D eigenvalue weighted by Crippen LogP contribution is 2.32. The van der Waals surface area contributed by atoms with Gasteiger partial charge >= 0.3 is 0 Å². The number of rotatable bonds is 5. The minimum absolute atomic E-state index is 0.285. The highest BCUT2D eigenvalue weighted by Gasteiger charge is 2.42. The first-order chi connectivity index (χ1) is 9.72. The summed E-state index contributed by atoms with van der Waals surface area (Å²) in [4.78, 5) is 17.4. The van der Waals surface area contributed by atoms with Gasteiger partial charge in [0, 0.05) is 33.3 Å². The molecule has 0 aromatic rings. The molecule has 5 nitrogen and oxygen atoms in total. The van der Waals surface area contributed by atoms with Crippen LogP contribution in [0.25, 0.3) is 0 Å². The molecule has 2 aliphatic rings. The zero-order valence-corrected chi connectivity index (χ0v) is 13.0. The highest BCUT2D eigenvalue weighted by molar-refractivity contribution is 5.83. The first-order valence-corrected chi connectivity index (χ1v) is 7.93. The molecule has 0 aromatic heterocycles. The molecule has 2 rings (SSSR count). The van der Waals surface area contributed by atoms with Crippen LogP contribution in [0, 0.1) is 5.41 Å². The van der Waals surface area contributed by atoms with Crippen molar-refractivity contribution in [1.82, 2.24) is 15.1 Å². The predicted octanol–water partition coefficient (Wildman–Crippen LogP) is 0.557. The van der Waals surface area contributed by atoms with E-state index in [1.54, 1.807) is 7.11 Å². The van der Waals surface area contributed by atoms with E-state index in [-0.39, 0.29) is 5.41 Å². The Morgan fingerprint density at radius 3 is 2.40 bits per heavy atom. The average Bonchev–Trinajstić information content (AvgIpc) is 2.49. The van der Waals surface area contributed by atoms with Crippen molar-refractivity contribution >= 4 is 5.91 Å². The van der Waals surface area contributed by atoms with Gasteiger partial charge in [0.15, 0.2) is 0 Å². The van der Waals surface area contributed by atoms with E-state index in [0.717, 1.165) is 58.7 Å². The lowest BCUT2D eigenvalue weighted by molar-refractivity contribution is -0.149. The lowest BCUT2D eigenvalue weighted by Crippen LogP contribution is -2.56. The van der Waals surface area contributed by atoms with Crippen LogP contribution >= 0.6 is 0 Å². The molecule has 2 aliphatic heterocycles. The molecule has 2 fully saturated rings. The Kier molecular flexibility index (Phi) is 5.81. The molecule has 5 heteroatoms. The molecule has 0 radical (unpaired) electrons. The van der Waals surface area contributed by atoms with Gasteiger partial charge in [-0.15, -0.1) is 0 Å². The maximum Gasteiger partial charge on any atom is 0.231 e. The summed E-state index contributed by atoms with van der Waals surface area (Å²) in [6.07, 6.45) is 2.98. The number of piperazine rings is 1. The standard InChI is InChI=1S/C15H29N3O2/c1-3-8-17-9-11-18(12-10-17)14(19)15(13-20-2)4-6-16-7-5-15/h16H,3-13H2,1-2H3. The molecule has 116 valence electrons. The molecule has 0 spiro atoms. The Labute approximate surface area is 122 Å². The lowest BCUT2D eigenvalue weighted by Gasteiger charge is -2.42. The number of ether oxygens (including phenoxy) is 1. The molecule has 20 heavy (non-hydrogen) atoms. The van der Waals surface area contributed by atoms with E-state index in [9.17, 15) is 4.79 Å². The molecule has 0 unspecified atom stereocenters. The maximum atomic E-state index is 12.9. The maximum absolute atomic E-state index is 12.9.